The molecule has 0 radical (unpaired) electrons. The number of rotatable bonds is 6. The maximum absolute atomic E-state index is 10.7. The second-order valence-corrected chi connectivity index (χ2v) is 7.84. The maximum atomic E-state index is 10.7. The number of aliphatic hydroxyl groups is 1. The van der Waals surface area contributed by atoms with Gasteiger partial charge in [-0.1, -0.05) is 0 Å². The van der Waals surface area contributed by atoms with E-state index in [0.29, 0.717) is 28.1 Å². The highest BCUT2D eigenvalue weighted by molar-refractivity contribution is 7.11. The van der Waals surface area contributed by atoms with E-state index in [-0.39, 0.29) is 11.8 Å². The Morgan fingerprint density at radius 3 is 2.74 bits per heavy atom. The van der Waals surface area contributed by atoms with Crippen LogP contribution in [0, 0.1) is 11.3 Å². The van der Waals surface area contributed by atoms with Crippen molar-refractivity contribution in [1.29, 1.82) is 5.41 Å². The van der Waals surface area contributed by atoms with E-state index in [1.165, 1.54) is 24.2 Å². The molecule has 27 heavy (non-hydrogen) atoms. The molecule has 6 nitrogen and oxygen atoms in total. The van der Waals surface area contributed by atoms with Gasteiger partial charge in [-0.15, -0.1) is 11.3 Å². The topological polar surface area (TPSA) is 78.7 Å². The lowest BCUT2D eigenvalue weighted by atomic mass is 10.1. The van der Waals surface area contributed by atoms with Crippen LogP contribution in [0.2, 0.25) is 0 Å². The third-order valence-electron chi connectivity index (χ3n) is 5.20. The molecule has 7 heteroatoms. The molecule has 2 heterocycles. The Labute approximate surface area is 162 Å². The van der Waals surface area contributed by atoms with Crippen molar-refractivity contribution in [3.63, 3.8) is 0 Å². The molecule has 2 aliphatic rings. The predicted octanol–water partition coefficient (Wildman–Crippen LogP) is 4.19. The summed E-state index contributed by atoms with van der Waals surface area (Å²) < 4.78 is 10.8. The number of ether oxygens (including phenoxy) is 2. The summed E-state index contributed by atoms with van der Waals surface area (Å²) in [6.07, 6.45) is 2.42. The summed E-state index contributed by atoms with van der Waals surface area (Å²) in [6, 6.07) is 5.40. The maximum Gasteiger partial charge on any atom is 0.135 e. The molecule has 0 saturated heterocycles. The summed E-state index contributed by atoms with van der Waals surface area (Å²) in [6.45, 7) is 2.77. The summed E-state index contributed by atoms with van der Waals surface area (Å²) in [5, 5.41) is 21.8. The number of benzene rings is 1. The Balaban J connectivity index is 1.67. The summed E-state index contributed by atoms with van der Waals surface area (Å²) in [5.41, 5.74) is 2.11. The van der Waals surface area contributed by atoms with Crippen LogP contribution in [0.5, 0.6) is 11.5 Å². The Bertz CT molecular complexity index is 917. The zero-order chi connectivity index (χ0) is 19.1. The molecule has 4 rings (SSSR count). The second kappa shape index (κ2) is 6.88. The van der Waals surface area contributed by atoms with E-state index in [1.54, 1.807) is 14.2 Å². The monoisotopic (exact) mass is 385 g/mol. The van der Waals surface area contributed by atoms with E-state index in [9.17, 15) is 5.11 Å². The first-order chi connectivity index (χ1) is 13.0. The zero-order valence-corrected chi connectivity index (χ0v) is 16.5. The number of aliphatic hydroxyl groups excluding tert-OH is 1. The van der Waals surface area contributed by atoms with E-state index in [4.69, 9.17) is 19.9 Å². The molecule has 142 valence electrons. The summed E-state index contributed by atoms with van der Waals surface area (Å²) >= 11 is 1.43. The fraction of sp³-hybridized carbons (Fsp3) is 0.400. The average Bonchev–Trinajstić information content (AvgIpc) is 3.34. The number of thiazole rings is 1. The van der Waals surface area contributed by atoms with Crippen molar-refractivity contribution >= 4 is 22.7 Å². The van der Waals surface area contributed by atoms with Gasteiger partial charge in [0.25, 0.3) is 0 Å². The van der Waals surface area contributed by atoms with Gasteiger partial charge in [0.2, 0.25) is 0 Å². The van der Waals surface area contributed by atoms with E-state index in [2.05, 4.69) is 0 Å². The molecule has 0 amide bonds. The van der Waals surface area contributed by atoms with Crippen molar-refractivity contribution in [2.45, 2.75) is 25.8 Å². The number of nitrogens with zero attached hydrogens (tertiary/aromatic N) is 2. The number of methoxy groups -OCH3 is 2. The highest BCUT2D eigenvalue weighted by atomic mass is 32.1. The minimum absolute atomic E-state index is 0.174. The largest absolute Gasteiger partial charge is 0.509 e. The van der Waals surface area contributed by atoms with Crippen LogP contribution in [0.15, 0.2) is 29.3 Å². The predicted molar refractivity (Wildman–Crippen MR) is 107 cm³/mol. The first-order valence-corrected chi connectivity index (χ1v) is 9.88. The Morgan fingerprint density at radius 2 is 2.07 bits per heavy atom. The molecule has 1 aliphatic carbocycles. The van der Waals surface area contributed by atoms with E-state index in [0.717, 1.165) is 23.6 Å². The van der Waals surface area contributed by atoms with Crippen molar-refractivity contribution in [2.75, 3.05) is 20.8 Å². The normalized spacial score (nSPS) is 19.7. The van der Waals surface area contributed by atoms with Crippen LogP contribution in [0.3, 0.4) is 0 Å². The molecule has 1 aromatic carbocycles. The van der Waals surface area contributed by atoms with Crippen molar-refractivity contribution < 1.29 is 14.6 Å². The van der Waals surface area contributed by atoms with Gasteiger partial charge in [-0.05, 0) is 43.9 Å². The third kappa shape index (κ3) is 3.16. The van der Waals surface area contributed by atoms with Gasteiger partial charge < -0.3 is 19.5 Å². The fourth-order valence-corrected chi connectivity index (χ4v) is 4.25. The van der Waals surface area contributed by atoms with Crippen LogP contribution in [0.4, 0.5) is 0 Å². The van der Waals surface area contributed by atoms with Crippen molar-refractivity contribution in [1.82, 2.24) is 9.88 Å². The molecular weight excluding hydrogens is 362 g/mol. The Morgan fingerprint density at radius 1 is 1.30 bits per heavy atom. The highest BCUT2D eigenvalue weighted by Gasteiger charge is 2.38. The molecule has 2 N–H and O–H groups in total. The quantitative estimate of drug-likeness (QED) is 0.780. The molecule has 1 aromatic heterocycles. The Kier molecular flexibility index (Phi) is 4.55. The van der Waals surface area contributed by atoms with Crippen molar-refractivity contribution in [3.05, 3.63) is 34.3 Å². The summed E-state index contributed by atoms with van der Waals surface area (Å²) in [5.74, 6) is 2.67. The average molecular weight is 385 g/mol. The molecule has 1 fully saturated rings. The fourth-order valence-electron chi connectivity index (χ4n) is 3.38. The number of hydrogen-bond acceptors (Lipinski definition) is 6. The van der Waals surface area contributed by atoms with Crippen LogP contribution < -0.4 is 9.47 Å². The molecule has 0 bridgehead atoms. The van der Waals surface area contributed by atoms with E-state index < -0.39 is 0 Å². The molecule has 1 aliphatic heterocycles. The molecular formula is C20H23N3O3S. The number of hydrogen-bond donors (Lipinski definition) is 2. The molecule has 1 saturated carbocycles. The van der Waals surface area contributed by atoms with Crippen LogP contribution in [-0.2, 0) is 0 Å². The third-order valence-corrected chi connectivity index (χ3v) is 6.06. The Hall–Kier alpha value is -2.54. The highest BCUT2D eigenvalue weighted by Crippen LogP contribution is 2.40. The smallest absolute Gasteiger partial charge is 0.135 e. The van der Waals surface area contributed by atoms with Gasteiger partial charge in [0.1, 0.15) is 28.1 Å². The van der Waals surface area contributed by atoms with Crippen molar-refractivity contribution in [3.8, 4) is 22.8 Å². The van der Waals surface area contributed by atoms with Gasteiger partial charge in [-0.25, -0.2) is 4.98 Å². The first-order valence-electron chi connectivity index (χ1n) is 9.00. The van der Waals surface area contributed by atoms with Crippen molar-refractivity contribution in [2.24, 2.45) is 5.92 Å². The van der Waals surface area contributed by atoms with Gasteiger partial charge in [0.05, 0.1) is 31.5 Å². The van der Waals surface area contributed by atoms with Crippen LogP contribution in [0.25, 0.3) is 16.8 Å². The van der Waals surface area contributed by atoms with Gasteiger partial charge in [0.15, 0.2) is 0 Å². The minimum atomic E-state index is -0.174. The lowest BCUT2D eigenvalue weighted by Crippen LogP contribution is -2.35. The first kappa shape index (κ1) is 17.9. The molecule has 1 unspecified atom stereocenters. The summed E-state index contributed by atoms with van der Waals surface area (Å²) in [4.78, 5) is 6.69. The SMILES string of the molecule is COc1ccc(OC)c(-c2csc(C3=C(O)C(C)N(CC4CC4)C3=N)n2)c1. The van der Waals surface area contributed by atoms with Gasteiger partial charge in [-0.2, -0.15) is 0 Å². The van der Waals surface area contributed by atoms with Crippen LogP contribution in [-0.4, -0.2) is 47.6 Å². The van der Waals surface area contributed by atoms with E-state index in [1.807, 2.05) is 35.4 Å². The minimum Gasteiger partial charge on any atom is -0.509 e. The molecule has 2 aromatic rings. The van der Waals surface area contributed by atoms with Gasteiger partial charge in [-0.3, -0.25) is 5.41 Å². The standard InChI is InChI=1S/C20H23N3O3S/c1-11-18(24)17(19(21)23(11)9-12-4-5-12)20-22-15(10-27-20)14-8-13(25-2)6-7-16(14)26-3/h6-8,10-12,21,24H,4-5,9H2,1-3H3. The van der Waals surface area contributed by atoms with E-state index >= 15 is 0 Å². The number of amidine groups is 1. The molecule has 0 spiro atoms. The number of nitrogens with one attached hydrogen (secondary N) is 1. The second-order valence-electron chi connectivity index (χ2n) is 6.98. The van der Waals surface area contributed by atoms with Gasteiger partial charge in [0, 0.05) is 17.5 Å². The zero-order valence-electron chi connectivity index (χ0n) is 15.7. The molecule has 1 atom stereocenters. The van der Waals surface area contributed by atoms with Crippen LogP contribution >= 0.6 is 11.3 Å². The lowest BCUT2D eigenvalue weighted by Gasteiger charge is -2.23. The lowest BCUT2D eigenvalue weighted by molar-refractivity contribution is 0.279. The number of aromatic nitrogens is 1. The van der Waals surface area contributed by atoms with Crippen LogP contribution in [0.1, 0.15) is 24.8 Å². The van der Waals surface area contributed by atoms with Gasteiger partial charge >= 0.3 is 0 Å². The summed E-state index contributed by atoms with van der Waals surface area (Å²) in [7, 11) is 3.24.